The van der Waals surface area contributed by atoms with E-state index in [9.17, 15) is 0 Å². The van der Waals surface area contributed by atoms with Crippen LogP contribution in [-0.4, -0.2) is 20.7 Å². The predicted molar refractivity (Wildman–Crippen MR) is 58.0 cm³/mol. The third-order valence-electron chi connectivity index (χ3n) is 2.71. The lowest BCUT2D eigenvalue weighted by molar-refractivity contribution is 0.415. The van der Waals surface area contributed by atoms with Crippen LogP contribution in [0.1, 0.15) is 11.1 Å². The van der Waals surface area contributed by atoms with Gasteiger partial charge in [-0.2, -0.15) is 0 Å². The van der Waals surface area contributed by atoms with E-state index in [1.165, 1.54) is 11.1 Å². The van der Waals surface area contributed by atoms with Gasteiger partial charge < -0.3 is 15.4 Å². The number of hydrogen-bond donors (Lipinski definition) is 2. The number of anilines is 1. The number of rotatable bonds is 2. The largest absolute Gasteiger partial charge is 0.495 e. The van der Waals surface area contributed by atoms with Crippen LogP contribution in [-0.2, 0) is 13.0 Å². The van der Waals surface area contributed by atoms with Gasteiger partial charge in [-0.1, -0.05) is 6.07 Å². The normalized spacial score (nSPS) is 14.7. The summed E-state index contributed by atoms with van der Waals surface area (Å²) in [6.07, 6.45) is 1.11. The maximum Gasteiger partial charge on any atom is 0.142 e. The lowest BCUT2D eigenvalue weighted by Crippen LogP contribution is -2.24. The fraction of sp³-hybridized carbons (Fsp3) is 0.455. The Labute approximate surface area is 84.5 Å². The fourth-order valence-corrected chi connectivity index (χ4v) is 1.99. The average Bonchev–Trinajstić information content (AvgIpc) is 2.27. The predicted octanol–water partition coefficient (Wildman–Crippen LogP) is 1.38. The van der Waals surface area contributed by atoms with Crippen molar-refractivity contribution in [3.8, 4) is 5.75 Å². The Kier molecular flexibility index (Phi) is 2.59. The molecule has 0 aromatic heterocycles. The van der Waals surface area contributed by atoms with Crippen LogP contribution in [0, 0.1) is 0 Å². The average molecular weight is 192 g/mol. The van der Waals surface area contributed by atoms with Gasteiger partial charge in [-0.25, -0.2) is 0 Å². The summed E-state index contributed by atoms with van der Waals surface area (Å²) in [7, 11) is 3.64. The van der Waals surface area contributed by atoms with Crippen LogP contribution in [0.25, 0.3) is 0 Å². The van der Waals surface area contributed by atoms with Gasteiger partial charge in [-0.3, -0.25) is 0 Å². The van der Waals surface area contributed by atoms with Crippen molar-refractivity contribution in [2.45, 2.75) is 13.0 Å². The second kappa shape index (κ2) is 3.88. The summed E-state index contributed by atoms with van der Waals surface area (Å²) in [5, 5.41) is 6.58. The summed E-state index contributed by atoms with van der Waals surface area (Å²) in [4.78, 5) is 0. The second-order valence-corrected chi connectivity index (χ2v) is 3.46. The zero-order chi connectivity index (χ0) is 9.97. The van der Waals surface area contributed by atoms with Crippen LogP contribution in [0.5, 0.6) is 5.75 Å². The molecule has 1 heterocycles. The molecule has 3 nitrogen and oxygen atoms in total. The monoisotopic (exact) mass is 192 g/mol. The molecule has 76 valence electrons. The summed E-state index contributed by atoms with van der Waals surface area (Å²) in [5.74, 6) is 0.926. The van der Waals surface area contributed by atoms with E-state index in [1.54, 1.807) is 7.11 Å². The topological polar surface area (TPSA) is 33.3 Å². The van der Waals surface area contributed by atoms with Gasteiger partial charge in [0.1, 0.15) is 5.75 Å². The number of benzene rings is 1. The molecule has 0 saturated carbocycles. The first kappa shape index (κ1) is 9.34. The van der Waals surface area contributed by atoms with Crippen molar-refractivity contribution in [3.63, 3.8) is 0 Å². The van der Waals surface area contributed by atoms with E-state index in [-0.39, 0.29) is 0 Å². The van der Waals surface area contributed by atoms with Crippen molar-refractivity contribution in [1.82, 2.24) is 5.32 Å². The van der Waals surface area contributed by atoms with Gasteiger partial charge in [0.15, 0.2) is 0 Å². The molecule has 14 heavy (non-hydrogen) atoms. The molecule has 0 radical (unpaired) electrons. The van der Waals surface area contributed by atoms with E-state index in [0.29, 0.717) is 0 Å². The third-order valence-corrected chi connectivity index (χ3v) is 2.71. The molecule has 0 fully saturated rings. The second-order valence-electron chi connectivity index (χ2n) is 3.46. The summed E-state index contributed by atoms with van der Waals surface area (Å²) < 4.78 is 5.31. The van der Waals surface area contributed by atoms with Gasteiger partial charge in [0, 0.05) is 13.6 Å². The van der Waals surface area contributed by atoms with Crippen molar-refractivity contribution in [1.29, 1.82) is 0 Å². The standard InChI is InChI=1S/C11H16N2O/c1-12-11-9-7-13-6-5-8(9)3-4-10(11)14-2/h3-4,12-13H,5-7H2,1-2H3. The van der Waals surface area contributed by atoms with Crippen LogP contribution in [0.4, 0.5) is 5.69 Å². The highest BCUT2D eigenvalue weighted by molar-refractivity contribution is 5.64. The van der Waals surface area contributed by atoms with Gasteiger partial charge in [-0.15, -0.1) is 0 Å². The Morgan fingerprint density at radius 1 is 1.43 bits per heavy atom. The zero-order valence-electron chi connectivity index (χ0n) is 8.68. The Bertz CT molecular complexity index is 321. The maximum absolute atomic E-state index is 5.31. The summed E-state index contributed by atoms with van der Waals surface area (Å²) in [5.41, 5.74) is 3.89. The molecule has 0 spiro atoms. The van der Waals surface area contributed by atoms with Crippen LogP contribution in [0.15, 0.2) is 12.1 Å². The lowest BCUT2D eigenvalue weighted by Gasteiger charge is -2.22. The molecular formula is C11H16N2O. The van der Waals surface area contributed by atoms with E-state index in [1.807, 2.05) is 13.1 Å². The molecular weight excluding hydrogens is 176 g/mol. The van der Waals surface area contributed by atoms with Crippen molar-refractivity contribution >= 4 is 5.69 Å². The van der Waals surface area contributed by atoms with Crippen molar-refractivity contribution in [3.05, 3.63) is 23.3 Å². The van der Waals surface area contributed by atoms with Gasteiger partial charge in [-0.05, 0) is 30.2 Å². The van der Waals surface area contributed by atoms with Crippen LogP contribution in [0.2, 0.25) is 0 Å². The maximum atomic E-state index is 5.31. The quantitative estimate of drug-likeness (QED) is 0.742. The van der Waals surface area contributed by atoms with E-state index in [4.69, 9.17) is 4.74 Å². The highest BCUT2D eigenvalue weighted by Gasteiger charge is 2.15. The molecule has 1 aromatic carbocycles. The van der Waals surface area contributed by atoms with E-state index >= 15 is 0 Å². The van der Waals surface area contributed by atoms with E-state index in [2.05, 4.69) is 16.7 Å². The molecule has 0 atom stereocenters. The molecule has 0 bridgehead atoms. The Hall–Kier alpha value is -1.22. The fourth-order valence-electron chi connectivity index (χ4n) is 1.99. The molecule has 0 unspecified atom stereocenters. The van der Waals surface area contributed by atoms with Gasteiger partial charge in [0.25, 0.3) is 0 Å². The molecule has 1 aliphatic heterocycles. The molecule has 0 saturated heterocycles. The van der Waals surface area contributed by atoms with Gasteiger partial charge in [0.2, 0.25) is 0 Å². The Balaban J connectivity index is 2.50. The first-order valence-electron chi connectivity index (χ1n) is 4.94. The first-order valence-corrected chi connectivity index (χ1v) is 4.94. The minimum atomic E-state index is 0.926. The molecule has 3 heteroatoms. The minimum absolute atomic E-state index is 0.926. The summed E-state index contributed by atoms with van der Waals surface area (Å²) in [6.45, 7) is 2.01. The first-order chi connectivity index (χ1) is 6.86. The van der Waals surface area contributed by atoms with Crippen LogP contribution in [0.3, 0.4) is 0 Å². The van der Waals surface area contributed by atoms with E-state index < -0.39 is 0 Å². The minimum Gasteiger partial charge on any atom is -0.495 e. The highest BCUT2D eigenvalue weighted by atomic mass is 16.5. The van der Waals surface area contributed by atoms with Crippen molar-refractivity contribution in [2.24, 2.45) is 0 Å². The van der Waals surface area contributed by atoms with Crippen LogP contribution >= 0.6 is 0 Å². The number of ether oxygens (including phenoxy) is 1. The van der Waals surface area contributed by atoms with E-state index in [0.717, 1.165) is 30.9 Å². The smallest absolute Gasteiger partial charge is 0.142 e. The highest BCUT2D eigenvalue weighted by Crippen LogP contribution is 2.32. The third kappa shape index (κ3) is 1.44. The van der Waals surface area contributed by atoms with Crippen molar-refractivity contribution < 1.29 is 4.74 Å². The van der Waals surface area contributed by atoms with Crippen molar-refractivity contribution in [2.75, 3.05) is 26.0 Å². The number of methoxy groups -OCH3 is 1. The Morgan fingerprint density at radius 3 is 3.00 bits per heavy atom. The van der Waals surface area contributed by atoms with Gasteiger partial charge >= 0.3 is 0 Å². The molecule has 1 aromatic rings. The summed E-state index contributed by atoms with van der Waals surface area (Å²) >= 11 is 0. The molecule has 0 aliphatic carbocycles. The molecule has 1 aliphatic rings. The Morgan fingerprint density at radius 2 is 2.29 bits per heavy atom. The molecule has 2 N–H and O–H groups in total. The van der Waals surface area contributed by atoms with Crippen LogP contribution < -0.4 is 15.4 Å². The van der Waals surface area contributed by atoms with Gasteiger partial charge in [0.05, 0.1) is 12.8 Å². The number of fused-ring (bicyclic) bond motifs is 1. The molecule has 0 amide bonds. The lowest BCUT2D eigenvalue weighted by atomic mass is 9.98. The zero-order valence-corrected chi connectivity index (χ0v) is 8.68. The summed E-state index contributed by atoms with van der Waals surface area (Å²) in [6, 6.07) is 4.20. The number of hydrogen-bond acceptors (Lipinski definition) is 3. The number of nitrogens with one attached hydrogen (secondary N) is 2. The SMILES string of the molecule is CNc1c(OC)ccc2c1CNCC2. The molecule has 2 rings (SSSR count).